The molecule has 1 aromatic carbocycles. The van der Waals surface area contributed by atoms with Gasteiger partial charge >= 0.3 is 6.03 Å². The van der Waals surface area contributed by atoms with E-state index in [1.807, 2.05) is 37.0 Å². The Morgan fingerprint density at radius 2 is 2.09 bits per heavy atom. The average Bonchev–Trinajstić information content (AvgIpc) is 2.55. The predicted octanol–water partition coefficient (Wildman–Crippen LogP) is 3.16. The first-order chi connectivity index (χ1) is 10.6. The zero-order valence-electron chi connectivity index (χ0n) is 13.7. The topological polar surface area (TPSA) is 41.6 Å². The second-order valence-corrected chi connectivity index (χ2v) is 7.04. The van der Waals surface area contributed by atoms with Crippen molar-refractivity contribution in [3.8, 4) is 5.75 Å². The minimum absolute atomic E-state index is 0.0271. The zero-order chi connectivity index (χ0) is 15.9. The highest BCUT2D eigenvalue weighted by Gasteiger charge is 2.21. The molecule has 0 radical (unpaired) electrons. The van der Waals surface area contributed by atoms with Gasteiger partial charge in [0.25, 0.3) is 0 Å². The monoisotopic (exact) mass is 322 g/mol. The van der Waals surface area contributed by atoms with Crippen LogP contribution in [0.3, 0.4) is 0 Å². The number of rotatable bonds is 5. The number of benzene rings is 1. The number of nitrogens with zero attached hydrogens (tertiary/aromatic N) is 1. The van der Waals surface area contributed by atoms with Crippen LogP contribution < -0.4 is 10.1 Å². The van der Waals surface area contributed by atoms with E-state index in [-0.39, 0.29) is 12.1 Å². The highest BCUT2D eigenvalue weighted by atomic mass is 32.2. The minimum atomic E-state index is 0.0271. The molecule has 5 heteroatoms. The Morgan fingerprint density at radius 1 is 1.41 bits per heavy atom. The van der Waals surface area contributed by atoms with Crippen LogP contribution in [0.25, 0.3) is 0 Å². The third kappa shape index (κ3) is 4.57. The molecule has 2 amide bonds. The van der Waals surface area contributed by atoms with E-state index in [0.717, 1.165) is 42.1 Å². The van der Waals surface area contributed by atoms with Gasteiger partial charge in [0.2, 0.25) is 0 Å². The predicted molar refractivity (Wildman–Crippen MR) is 92.8 cm³/mol. The Hall–Kier alpha value is -1.36. The molecule has 1 fully saturated rings. The quantitative estimate of drug-likeness (QED) is 0.905. The normalized spacial score (nSPS) is 16.9. The molecule has 0 aliphatic carbocycles. The van der Waals surface area contributed by atoms with Crippen LogP contribution >= 0.6 is 11.8 Å². The maximum absolute atomic E-state index is 12.4. The van der Waals surface area contributed by atoms with Crippen LogP contribution in [-0.4, -0.2) is 48.7 Å². The van der Waals surface area contributed by atoms with E-state index in [4.69, 9.17) is 4.74 Å². The average molecular weight is 322 g/mol. The summed E-state index contributed by atoms with van der Waals surface area (Å²) in [4.78, 5) is 14.2. The van der Waals surface area contributed by atoms with Gasteiger partial charge in [-0.15, -0.1) is 0 Å². The van der Waals surface area contributed by atoms with E-state index in [0.29, 0.717) is 6.04 Å². The molecule has 1 aliphatic heterocycles. The summed E-state index contributed by atoms with van der Waals surface area (Å²) >= 11 is 1.97. The Morgan fingerprint density at radius 3 is 2.77 bits per heavy atom. The van der Waals surface area contributed by atoms with Crippen LogP contribution in [0.2, 0.25) is 0 Å². The first-order valence-corrected chi connectivity index (χ1v) is 9.00. The molecule has 22 heavy (non-hydrogen) atoms. The number of para-hydroxylation sites is 1. The number of thioether (sulfide) groups is 1. The summed E-state index contributed by atoms with van der Waals surface area (Å²) in [6, 6.07) is 8.46. The second kappa shape index (κ2) is 8.32. The van der Waals surface area contributed by atoms with Crippen molar-refractivity contribution < 1.29 is 9.53 Å². The number of methoxy groups -OCH3 is 1. The number of amides is 2. The van der Waals surface area contributed by atoms with Gasteiger partial charge in [-0.05, 0) is 49.3 Å². The van der Waals surface area contributed by atoms with Gasteiger partial charge in [0, 0.05) is 19.1 Å². The molecule has 122 valence electrons. The van der Waals surface area contributed by atoms with Gasteiger partial charge < -0.3 is 15.0 Å². The summed E-state index contributed by atoms with van der Waals surface area (Å²) in [5.74, 6) is 3.17. The molecule has 2 rings (SSSR count). The van der Waals surface area contributed by atoms with Crippen LogP contribution in [0.1, 0.15) is 25.3 Å². The Labute approximate surface area is 137 Å². The van der Waals surface area contributed by atoms with Gasteiger partial charge in [0.05, 0.1) is 7.11 Å². The molecule has 0 spiro atoms. The summed E-state index contributed by atoms with van der Waals surface area (Å²) in [6.07, 6.45) is 2.94. The molecule has 1 atom stereocenters. The lowest BCUT2D eigenvalue weighted by molar-refractivity contribution is 0.188. The lowest BCUT2D eigenvalue weighted by atomic mass is 10.1. The smallest absolute Gasteiger partial charge is 0.317 e. The van der Waals surface area contributed by atoms with Crippen LogP contribution in [-0.2, 0) is 6.42 Å². The summed E-state index contributed by atoms with van der Waals surface area (Å²) in [5.41, 5.74) is 1.13. The fourth-order valence-electron chi connectivity index (χ4n) is 2.65. The van der Waals surface area contributed by atoms with Gasteiger partial charge in [0.1, 0.15) is 5.75 Å². The molecule has 0 aromatic heterocycles. The highest BCUT2D eigenvalue weighted by molar-refractivity contribution is 7.99. The molecular weight excluding hydrogens is 296 g/mol. The Balaban J connectivity index is 1.90. The highest BCUT2D eigenvalue weighted by Crippen LogP contribution is 2.21. The number of nitrogens with one attached hydrogen (secondary N) is 1. The van der Waals surface area contributed by atoms with E-state index >= 15 is 0 Å². The first-order valence-electron chi connectivity index (χ1n) is 7.84. The van der Waals surface area contributed by atoms with Gasteiger partial charge in [-0.3, -0.25) is 0 Å². The number of carbonyl (C=O) groups is 1. The summed E-state index contributed by atoms with van der Waals surface area (Å²) in [6.45, 7) is 2.07. The van der Waals surface area contributed by atoms with E-state index in [1.165, 1.54) is 0 Å². The number of hydrogen-bond acceptors (Lipinski definition) is 3. The lowest BCUT2D eigenvalue weighted by Gasteiger charge is -2.29. The molecule has 0 bridgehead atoms. The number of hydrogen-bond donors (Lipinski definition) is 1. The zero-order valence-corrected chi connectivity index (χ0v) is 14.5. The molecule has 4 nitrogen and oxygen atoms in total. The van der Waals surface area contributed by atoms with Gasteiger partial charge in [-0.1, -0.05) is 18.2 Å². The molecule has 1 saturated heterocycles. The van der Waals surface area contributed by atoms with Crippen molar-refractivity contribution in [1.82, 2.24) is 10.2 Å². The largest absolute Gasteiger partial charge is 0.496 e. The molecular formula is C17H26N2O2S. The number of likely N-dealkylation sites (N-methyl/N-ethyl adjacent to an activating group) is 1. The van der Waals surface area contributed by atoms with Crippen LogP contribution in [0.5, 0.6) is 5.75 Å². The third-order valence-corrected chi connectivity index (χ3v) is 5.29. The first kappa shape index (κ1) is 17.0. The van der Waals surface area contributed by atoms with Crippen LogP contribution in [0.4, 0.5) is 4.79 Å². The maximum atomic E-state index is 12.4. The Bertz CT molecular complexity index is 489. The maximum Gasteiger partial charge on any atom is 0.317 e. The van der Waals surface area contributed by atoms with Crippen molar-refractivity contribution in [2.75, 3.05) is 25.7 Å². The van der Waals surface area contributed by atoms with Crippen molar-refractivity contribution in [3.63, 3.8) is 0 Å². The van der Waals surface area contributed by atoms with Crippen LogP contribution in [0.15, 0.2) is 24.3 Å². The van der Waals surface area contributed by atoms with Crippen molar-refractivity contribution in [2.24, 2.45) is 0 Å². The molecule has 1 aliphatic rings. The standard InChI is InChI=1S/C17H26N2O2S/c1-13(12-14-6-4-5-7-16(14)21-3)19(2)17(20)18-15-8-10-22-11-9-15/h4-7,13,15H,8-12H2,1-3H3,(H,18,20)/t13-/m1/s1. The van der Waals surface area contributed by atoms with E-state index in [9.17, 15) is 4.79 Å². The summed E-state index contributed by atoms with van der Waals surface area (Å²) in [7, 11) is 3.55. The van der Waals surface area contributed by atoms with E-state index in [2.05, 4.69) is 18.3 Å². The molecule has 1 aromatic rings. The number of ether oxygens (including phenoxy) is 1. The summed E-state index contributed by atoms with van der Waals surface area (Å²) < 4.78 is 5.39. The van der Waals surface area contributed by atoms with Crippen molar-refractivity contribution >= 4 is 17.8 Å². The van der Waals surface area contributed by atoms with E-state index < -0.39 is 0 Å². The van der Waals surface area contributed by atoms with E-state index in [1.54, 1.807) is 12.0 Å². The van der Waals surface area contributed by atoms with Gasteiger partial charge in [-0.2, -0.15) is 11.8 Å². The fourth-order valence-corrected chi connectivity index (χ4v) is 3.75. The minimum Gasteiger partial charge on any atom is -0.496 e. The Kier molecular flexibility index (Phi) is 6.43. The molecule has 0 unspecified atom stereocenters. The fraction of sp³-hybridized carbons (Fsp3) is 0.588. The lowest BCUT2D eigenvalue weighted by Crippen LogP contribution is -2.48. The number of carbonyl (C=O) groups excluding carboxylic acids is 1. The van der Waals surface area contributed by atoms with Gasteiger partial charge in [0.15, 0.2) is 0 Å². The van der Waals surface area contributed by atoms with Crippen molar-refractivity contribution in [1.29, 1.82) is 0 Å². The molecule has 1 heterocycles. The summed E-state index contributed by atoms with van der Waals surface area (Å²) in [5, 5.41) is 3.16. The van der Waals surface area contributed by atoms with Crippen molar-refractivity contribution in [3.05, 3.63) is 29.8 Å². The van der Waals surface area contributed by atoms with Crippen LogP contribution in [0, 0.1) is 0 Å². The number of urea groups is 1. The van der Waals surface area contributed by atoms with Crippen molar-refractivity contribution in [2.45, 2.75) is 38.3 Å². The SMILES string of the molecule is COc1ccccc1C[C@@H](C)N(C)C(=O)NC1CCSCC1. The third-order valence-electron chi connectivity index (χ3n) is 4.24. The molecule has 0 saturated carbocycles. The van der Waals surface area contributed by atoms with Gasteiger partial charge in [-0.25, -0.2) is 4.79 Å². The second-order valence-electron chi connectivity index (χ2n) is 5.81. The molecule has 1 N–H and O–H groups in total.